The number of halogens is 1. The lowest BCUT2D eigenvalue weighted by atomic mass is 10.1. The molecule has 0 aliphatic carbocycles. The smallest absolute Gasteiger partial charge is 0.269 e. The number of benzene rings is 2. The lowest BCUT2D eigenvalue weighted by molar-refractivity contribution is -0.128. The van der Waals surface area contributed by atoms with Crippen LogP contribution in [0.3, 0.4) is 0 Å². The second-order valence-electron chi connectivity index (χ2n) is 6.16. The number of nitrogens with one attached hydrogen (secondary N) is 3. The number of carbonyl (C=O) groups is 2. The summed E-state index contributed by atoms with van der Waals surface area (Å²) in [6.07, 6.45) is 1.49. The van der Waals surface area contributed by atoms with Crippen molar-refractivity contribution >= 4 is 46.4 Å². The second-order valence-corrected chi connectivity index (χ2v) is 7.01. The van der Waals surface area contributed by atoms with Crippen molar-refractivity contribution in [3.63, 3.8) is 0 Å². The van der Waals surface area contributed by atoms with Crippen LogP contribution in [0.4, 0.5) is 5.69 Å². The molecule has 0 aromatic heterocycles. The number of hydrogen-bond donors (Lipinski definition) is 3. The first-order valence-electron chi connectivity index (χ1n) is 8.51. The Bertz CT molecular complexity index is 874. The van der Waals surface area contributed by atoms with Crippen LogP contribution in [-0.2, 0) is 11.3 Å². The Labute approximate surface area is 167 Å². The van der Waals surface area contributed by atoms with Crippen molar-refractivity contribution in [2.75, 3.05) is 11.9 Å². The Kier molecular flexibility index (Phi) is 6.26. The third-order valence-corrected chi connectivity index (χ3v) is 4.55. The molecule has 6 nitrogen and oxygen atoms in total. The average Bonchev–Trinajstić information content (AvgIpc) is 3.04. The summed E-state index contributed by atoms with van der Waals surface area (Å²) in [4.78, 5) is 25.9. The molecule has 2 aromatic carbocycles. The van der Waals surface area contributed by atoms with Crippen LogP contribution in [0.15, 0.2) is 48.5 Å². The lowest BCUT2D eigenvalue weighted by Gasteiger charge is -2.16. The summed E-state index contributed by atoms with van der Waals surface area (Å²) in [6, 6.07) is 14.3. The molecular weight excluding hydrogens is 384 g/mol. The third kappa shape index (κ3) is 5.42. The minimum Gasteiger partial charge on any atom is -0.338 e. The van der Waals surface area contributed by atoms with E-state index in [0.717, 1.165) is 18.5 Å². The van der Waals surface area contributed by atoms with Gasteiger partial charge >= 0.3 is 0 Å². The molecule has 0 spiro atoms. The zero-order valence-corrected chi connectivity index (χ0v) is 16.1. The predicted molar refractivity (Wildman–Crippen MR) is 109 cm³/mol. The highest BCUT2D eigenvalue weighted by molar-refractivity contribution is 7.80. The molecule has 1 aliphatic rings. The van der Waals surface area contributed by atoms with Crippen molar-refractivity contribution < 1.29 is 9.59 Å². The molecule has 1 saturated heterocycles. The van der Waals surface area contributed by atoms with Gasteiger partial charge in [-0.15, -0.1) is 0 Å². The zero-order valence-electron chi connectivity index (χ0n) is 14.5. The van der Waals surface area contributed by atoms with Gasteiger partial charge in [-0.2, -0.15) is 0 Å². The average molecular weight is 403 g/mol. The van der Waals surface area contributed by atoms with Gasteiger partial charge in [0.1, 0.15) is 0 Å². The molecule has 0 atom stereocenters. The van der Waals surface area contributed by atoms with E-state index in [1.165, 1.54) is 0 Å². The molecule has 140 valence electrons. The summed E-state index contributed by atoms with van der Waals surface area (Å²) in [6.45, 7) is 1.28. The van der Waals surface area contributed by atoms with Gasteiger partial charge in [0.15, 0.2) is 5.11 Å². The van der Waals surface area contributed by atoms with E-state index in [0.29, 0.717) is 29.2 Å². The van der Waals surface area contributed by atoms with Gasteiger partial charge in [0.2, 0.25) is 5.91 Å². The highest BCUT2D eigenvalue weighted by atomic mass is 35.5. The summed E-state index contributed by atoms with van der Waals surface area (Å²) in [7, 11) is 0. The maximum absolute atomic E-state index is 12.3. The molecule has 0 radical (unpaired) electrons. The Morgan fingerprint density at radius 3 is 2.70 bits per heavy atom. The molecule has 8 heteroatoms. The monoisotopic (exact) mass is 402 g/mol. The lowest BCUT2D eigenvalue weighted by Crippen LogP contribution is -2.43. The van der Waals surface area contributed by atoms with E-state index < -0.39 is 0 Å². The van der Waals surface area contributed by atoms with Gasteiger partial charge in [0.25, 0.3) is 5.91 Å². The molecule has 1 fully saturated rings. The van der Waals surface area contributed by atoms with Crippen LogP contribution >= 0.6 is 23.8 Å². The standard InChI is InChI=1S/C19H19ClN4O2S/c20-15-6-2-7-16(11-15)21-19(27)23-22-18(26)14-5-1-4-13(10-14)12-24-9-3-8-17(24)25/h1-2,4-7,10-11H,3,8-9,12H2,(H,22,26)(H2,21,23,27). The van der Waals surface area contributed by atoms with Crippen LogP contribution < -0.4 is 16.2 Å². The van der Waals surface area contributed by atoms with Gasteiger partial charge in [0, 0.05) is 35.8 Å². The first kappa shape index (κ1) is 19.1. The van der Waals surface area contributed by atoms with E-state index >= 15 is 0 Å². The Morgan fingerprint density at radius 2 is 1.96 bits per heavy atom. The fraction of sp³-hybridized carbons (Fsp3) is 0.211. The number of rotatable bonds is 4. The van der Waals surface area contributed by atoms with Gasteiger partial charge in [-0.25, -0.2) is 0 Å². The molecule has 0 unspecified atom stereocenters. The number of hydrazine groups is 1. The predicted octanol–water partition coefficient (Wildman–Crippen LogP) is 3.09. The number of likely N-dealkylation sites (tertiary alicyclic amines) is 1. The number of anilines is 1. The summed E-state index contributed by atoms with van der Waals surface area (Å²) < 4.78 is 0. The largest absolute Gasteiger partial charge is 0.338 e. The molecule has 1 heterocycles. The Morgan fingerprint density at radius 1 is 1.15 bits per heavy atom. The normalized spacial score (nSPS) is 13.4. The van der Waals surface area contributed by atoms with E-state index in [1.54, 1.807) is 41.3 Å². The van der Waals surface area contributed by atoms with Crippen molar-refractivity contribution in [1.82, 2.24) is 15.8 Å². The molecular formula is C19H19ClN4O2S. The SMILES string of the molecule is O=C(NNC(=S)Nc1cccc(Cl)c1)c1cccc(CN2CCCC2=O)c1. The van der Waals surface area contributed by atoms with E-state index in [1.807, 2.05) is 12.1 Å². The second kappa shape index (κ2) is 8.83. The van der Waals surface area contributed by atoms with Gasteiger partial charge < -0.3 is 10.2 Å². The summed E-state index contributed by atoms with van der Waals surface area (Å²) in [5.41, 5.74) is 7.33. The number of hydrogen-bond acceptors (Lipinski definition) is 3. The fourth-order valence-corrected chi connectivity index (χ4v) is 3.18. The van der Waals surface area contributed by atoms with Crippen molar-refractivity contribution in [2.24, 2.45) is 0 Å². The fourth-order valence-electron chi connectivity index (χ4n) is 2.82. The van der Waals surface area contributed by atoms with Crippen LogP contribution in [0.2, 0.25) is 5.02 Å². The molecule has 2 amide bonds. The van der Waals surface area contributed by atoms with Crippen LogP contribution in [-0.4, -0.2) is 28.4 Å². The maximum atomic E-state index is 12.3. The van der Waals surface area contributed by atoms with E-state index in [4.69, 9.17) is 23.8 Å². The van der Waals surface area contributed by atoms with Crippen molar-refractivity contribution in [2.45, 2.75) is 19.4 Å². The maximum Gasteiger partial charge on any atom is 0.269 e. The molecule has 27 heavy (non-hydrogen) atoms. The molecule has 0 saturated carbocycles. The molecule has 0 bridgehead atoms. The zero-order chi connectivity index (χ0) is 19.2. The van der Waals surface area contributed by atoms with Crippen LogP contribution in [0.1, 0.15) is 28.8 Å². The van der Waals surface area contributed by atoms with E-state index in [-0.39, 0.29) is 16.9 Å². The minimum absolute atomic E-state index is 0.156. The molecule has 3 N–H and O–H groups in total. The topological polar surface area (TPSA) is 73.5 Å². The Hall–Kier alpha value is -2.64. The van der Waals surface area contributed by atoms with E-state index in [2.05, 4.69) is 16.2 Å². The number of amides is 2. The number of thiocarbonyl (C=S) groups is 1. The van der Waals surface area contributed by atoms with Crippen molar-refractivity contribution in [3.05, 3.63) is 64.7 Å². The van der Waals surface area contributed by atoms with Crippen LogP contribution in [0.25, 0.3) is 0 Å². The van der Waals surface area contributed by atoms with Gasteiger partial charge in [0.05, 0.1) is 0 Å². The van der Waals surface area contributed by atoms with Crippen LogP contribution in [0, 0.1) is 0 Å². The molecule has 3 rings (SSSR count). The molecule has 1 aliphatic heterocycles. The van der Waals surface area contributed by atoms with Crippen molar-refractivity contribution in [1.29, 1.82) is 0 Å². The number of nitrogens with zero attached hydrogens (tertiary/aromatic N) is 1. The summed E-state index contributed by atoms with van der Waals surface area (Å²) >= 11 is 11.1. The van der Waals surface area contributed by atoms with Gasteiger partial charge in [-0.1, -0.05) is 29.8 Å². The van der Waals surface area contributed by atoms with Crippen LogP contribution in [0.5, 0.6) is 0 Å². The highest BCUT2D eigenvalue weighted by Gasteiger charge is 2.20. The number of carbonyl (C=O) groups excluding carboxylic acids is 2. The first-order chi connectivity index (χ1) is 13.0. The highest BCUT2D eigenvalue weighted by Crippen LogP contribution is 2.16. The van der Waals surface area contributed by atoms with E-state index in [9.17, 15) is 9.59 Å². The Balaban J connectivity index is 1.53. The third-order valence-electron chi connectivity index (χ3n) is 4.11. The first-order valence-corrected chi connectivity index (χ1v) is 9.29. The quantitative estimate of drug-likeness (QED) is 0.541. The molecule has 2 aromatic rings. The van der Waals surface area contributed by atoms with Gasteiger partial charge in [-0.05, 0) is 54.5 Å². The summed E-state index contributed by atoms with van der Waals surface area (Å²) in [5.74, 6) is -0.163. The minimum atomic E-state index is -0.320. The summed E-state index contributed by atoms with van der Waals surface area (Å²) in [5, 5.41) is 3.75. The van der Waals surface area contributed by atoms with Gasteiger partial charge in [-0.3, -0.25) is 20.4 Å². The van der Waals surface area contributed by atoms with Crippen molar-refractivity contribution in [3.8, 4) is 0 Å².